The summed E-state index contributed by atoms with van der Waals surface area (Å²) >= 11 is 6.48. The molecule has 0 saturated heterocycles. The molecule has 3 atom stereocenters. The highest BCUT2D eigenvalue weighted by Gasteiger charge is 2.40. The van der Waals surface area contributed by atoms with E-state index < -0.39 is 15.4 Å². The fourth-order valence-electron chi connectivity index (χ4n) is 7.41. The summed E-state index contributed by atoms with van der Waals surface area (Å²) in [7, 11) is -0.781. The van der Waals surface area contributed by atoms with E-state index in [1.807, 2.05) is 54.6 Å². The molecule has 6 rings (SSSR count). The van der Waals surface area contributed by atoms with Gasteiger partial charge in [-0.1, -0.05) is 62.2 Å². The molecule has 51 heavy (non-hydrogen) atoms. The third kappa shape index (κ3) is 8.17. The number of fused-ring (bicyclic) bond motifs is 1. The number of benzene rings is 4. The maximum absolute atomic E-state index is 14.7. The van der Waals surface area contributed by atoms with E-state index >= 15 is 0 Å². The molecule has 0 bridgehead atoms. The van der Waals surface area contributed by atoms with Gasteiger partial charge in [0.2, 0.25) is 10.0 Å². The van der Waals surface area contributed by atoms with Crippen LogP contribution in [0.1, 0.15) is 55.4 Å². The van der Waals surface area contributed by atoms with E-state index in [4.69, 9.17) is 25.8 Å². The summed E-state index contributed by atoms with van der Waals surface area (Å²) < 4.78 is 48.3. The summed E-state index contributed by atoms with van der Waals surface area (Å²) in [5.74, 6) is 2.59. The number of hydrogen-bond acceptors (Lipinski definition) is 7. The first-order chi connectivity index (χ1) is 24.6. The van der Waals surface area contributed by atoms with Gasteiger partial charge in [0.05, 0.1) is 31.4 Å². The van der Waals surface area contributed by atoms with Gasteiger partial charge < -0.3 is 24.2 Å². The maximum Gasteiger partial charge on any atom is 0.243 e. The number of aliphatic hydroxyl groups excluding tert-OH is 1. The number of halogens is 1. The van der Waals surface area contributed by atoms with Crippen molar-refractivity contribution in [2.45, 2.75) is 62.9 Å². The van der Waals surface area contributed by atoms with E-state index in [1.165, 1.54) is 15.4 Å². The Morgan fingerprint density at radius 1 is 0.902 bits per heavy atom. The standard InChI is InChI=1S/C41H49ClN2O6S/c1-5-6-31-21-34(42)13-19-38(31)41(2)27-43(25-32-11-12-33(32)26-45)39-22-37(18-20-40(39)50-28-41)51(46,47)44(23-29-7-14-35(48-3)15-8-29)24-30-9-16-36(49-4)17-10-30/h7-10,13-22,32-33,45H,5-6,11-12,23-28H2,1-4H3/t32-,33-,41-/m0/s1. The number of anilines is 1. The number of hydrogen-bond donors (Lipinski definition) is 1. The van der Waals surface area contributed by atoms with Gasteiger partial charge in [-0.05, 0) is 108 Å². The minimum Gasteiger partial charge on any atom is -0.497 e. The van der Waals surface area contributed by atoms with Crippen molar-refractivity contribution in [2.24, 2.45) is 11.8 Å². The second-order valence-electron chi connectivity index (χ2n) is 14.2. The Labute approximate surface area is 308 Å². The fourth-order valence-corrected chi connectivity index (χ4v) is 9.05. The van der Waals surface area contributed by atoms with Crippen LogP contribution in [0.3, 0.4) is 0 Å². The number of rotatable bonds is 14. The van der Waals surface area contributed by atoms with Crippen molar-refractivity contribution in [1.82, 2.24) is 4.31 Å². The first-order valence-electron chi connectivity index (χ1n) is 17.7. The van der Waals surface area contributed by atoms with Gasteiger partial charge in [-0.2, -0.15) is 4.31 Å². The van der Waals surface area contributed by atoms with Gasteiger partial charge in [0, 0.05) is 43.2 Å². The third-order valence-electron chi connectivity index (χ3n) is 10.5. The average Bonchev–Trinajstić information content (AvgIpc) is 3.26. The molecule has 4 aromatic rings. The Hall–Kier alpha value is -3.76. The van der Waals surface area contributed by atoms with Crippen LogP contribution in [0.25, 0.3) is 0 Å². The second-order valence-corrected chi connectivity index (χ2v) is 16.5. The summed E-state index contributed by atoms with van der Waals surface area (Å²) in [6.45, 7) is 6.62. The lowest BCUT2D eigenvalue weighted by atomic mass is 9.73. The quantitative estimate of drug-likeness (QED) is 0.141. The van der Waals surface area contributed by atoms with Crippen molar-refractivity contribution >= 4 is 27.3 Å². The highest BCUT2D eigenvalue weighted by Crippen LogP contribution is 2.43. The average molecular weight is 733 g/mol. The number of methoxy groups -OCH3 is 2. The molecular weight excluding hydrogens is 684 g/mol. The smallest absolute Gasteiger partial charge is 0.243 e. The maximum atomic E-state index is 14.7. The normalized spacial score (nSPS) is 20.3. The van der Waals surface area contributed by atoms with Crippen molar-refractivity contribution in [3.63, 3.8) is 0 Å². The van der Waals surface area contributed by atoms with Crippen LogP contribution in [0, 0.1) is 11.8 Å². The Morgan fingerprint density at radius 2 is 1.53 bits per heavy atom. The van der Waals surface area contributed by atoms with Gasteiger partial charge in [0.1, 0.15) is 17.2 Å². The van der Waals surface area contributed by atoms with Crippen molar-refractivity contribution in [3.05, 3.63) is 112 Å². The molecule has 1 heterocycles. The molecule has 10 heteroatoms. The van der Waals surface area contributed by atoms with Crippen LogP contribution in [0.4, 0.5) is 5.69 Å². The van der Waals surface area contributed by atoms with Gasteiger partial charge in [-0.25, -0.2) is 8.42 Å². The van der Waals surface area contributed by atoms with E-state index in [0.29, 0.717) is 47.9 Å². The number of aryl methyl sites for hydroxylation is 1. The summed E-state index contributed by atoms with van der Waals surface area (Å²) in [5.41, 5.74) is 4.43. The number of aliphatic hydroxyl groups is 1. The molecule has 0 spiro atoms. The Kier molecular flexibility index (Phi) is 11.5. The fraction of sp³-hybridized carbons (Fsp3) is 0.415. The number of sulfonamides is 1. The second kappa shape index (κ2) is 15.9. The lowest BCUT2D eigenvalue weighted by Crippen LogP contribution is -2.46. The Balaban J connectivity index is 1.39. The molecule has 0 amide bonds. The zero-order chi connectivity index (χ0) is 36.2. The highest BCUT2D eigenvalue weighted by atomic mass is 35.5. The van der Waals surface area contributed by atoms with Crippen LogP contribution in [0.15, 0.2) is 89.8 Å². The van der Waals surface area contributed by atoms with Crippen LogP contribution >= 0.6 is 11.6 Å². The van der Waals surface area contributed by atoms with Crippen molar-refractivity contribution in [3.8, 4) is 17.2 Å². The first kappa shape index (κ1) is 37.0. The molecule has 1 N–H and O–H groups in total. The van der Waals surface area contributed by atoms with E-state index in [1.54, 1.807) is 32.4 Å². The number of nitrogens with zero attached hydrogens (tertiary/aromatic N) is 2. The van der Waals surface area contributed by atoms with Crippen LogP contribution in [-0.4, -0.2) is 58.4 Å². The monoisotopic (exact) mass is 732 g/mol. The molecule has 1 aliphatic carbocycles. The topological polar surface area (TPSA) is 88.5 Å². The van der Waals surface area contributed by atoms with Crippen molar-refractivity contribution in [1.29, 1.82) is 0 Å². The van der Waals surface area contributed by atoms with Crippen molar-refractivity contribution in [2.75, 3.05) is 45.4 Å². The summed E-state index contributed by atoms with van der Waals surface area (Å²) in [6.07, 6.45) is 3.90. The molecule has 2 aliphatic rings. The Morgan fingerprint density at radius 3 is 2.08 bits per heavy atom. The van der Waals surface area contributed by atoms with E-state index in [-0.39, 0.29) is 30.5 Å². The molecule has 0 radical (unpaired) electrons. The molecule has 1 fully saturated rings. The highest BCUT2D eigenvalue weighted by molar-refractivity contribution is 7.89. The van der Waals surface area contributed by atoms with Crippen LogP contribution in [-0.2, 0) is 34.9 Å². The molecule has 1 saturated carbocycles. The third-order valence-corrected chi connectivity index (χ3v) is 12.6. The van der Waals surface area contributed by atoms with Gasteiger partial charge >= 0.3 is 0 Å². The molecular formula is C41H49ClN2O6S. The predicted molar refractivity (Wildman–Crippen MR) is 203 cm³/mol. The molecule has 8 nitrogen and oxygen atoms in total. The van der Waals surface area contributed by atoms with E-state index in [0.717, 1.165) is 42.5 Å². The first-order valence-corrected chi connectivity index (χ1v) is 19.6. The Bertz CT molecular complexity index is 1850. The molecule has 0 unspecified atom stereocenters. The van der Waals surface area contributed by atoms with E-state index in [9.17, 15) is 13.5 Å². The lowest BCUT2D eigenvalue weighted by Gasteiger charge is -2.42. The van der Waals surface area contributed by atoms with E-state index in [2.05, 4.69) is 30.9 Å². The summed E-state index contributed by atoms with van der Waals surface area (Å²) in [6, 6.07) is 26.3. The van der Waals surface area contributed by atoms with Gasteiger partial charge in [0.25, 0.3) is 0 Å². The largest absolute Gasteiger partial charge is 0.497 e. The minimum absolute atomic E-state index is 0.150. The van der Waals surface area contributed by atoms with Gasteiger partial charge in [-0.3, -0.25) is 0 Å². The SMILES string of the molecule is CCCc1cc(Cl)ccc1[C@]1(C)COc2ccc(S(=O)(=O)N(Cc3ccc(OC)cc3)Cc3ccc(OC)cc3)cc2N(C[C@@H]2CC[C@H]2CO)C1. The lowest BCUT2D eigenvalue weighted by molar-refractivity contribution is 0.0940. The predicted octanol–water partition coefficient (Wildman–Crippen LogP) is 7.88. The summed E-state index contributed by atoms with van der Waals surface area (Å²) in [4.78, 5) is 2.50. The molecule has 4 aromatic carbocycles. The van der Waals surface area contributed by atoms with Gasteiger partial charge in [0.15, 0.2) is 0 Å². The van der Waals surface area contributed by atoms with Crippen LogP contribution in [0.5, 0.6) is 17.2 Å². The zero-order valence-electron chi connectivity index (χ0n) is 30.0. The zero-order valence-corrected chi connectivity index (χ0v) is 31.6. The summed E-state index contributed by atoms with van der Waals surface area (Å²) in [5, 5.41) is 10.8. The molecule has 272 valence electrons. The van der Waals surface area contributed by atoms with Gasteiger partial charge in [-0.15, -0.1) is 0 Å². The van der Waals surface area contributed by atoms with Crippen LogP contribution in [0.2, 0.25) is 5.02 Å². The van der Waals surface area contributed by atoms with Crippen molar-refractivity contribution < 1.29 is 27.7 Å². The number of ether oxygens (including phenoxy) is 3. The molecule has 0 aromatic heterocycles. The molecule has 1 aliphatic heterocycles. The van der Waals surface area contributed by atoms with Crippen LogP contribution < -0.4 is 19.1 Å². The minimum atomic E-state index is -4.00.